The van der Waals surface area contributed by atoms with Crippen molar-refractivity contribution in [2.45, 2.75) is 32.2 Å². The Morgan fingerprint density at radius 1 is 1.14 bits per heavy atom. The van der Waals surface area contributed by atoms with Gasteiger partial charge in [0.15, 0.2) is 5.82 Å². The molecular formula is C16H16N4O. The fourth-order valence-electron chi connectivity index (χ4n) is 2.62. The van der Waals surface area contributed by atoms with E-state index in [9.17, 15) is 10.4 Å². The number of nitrogens with zero attached hydrogens (tertiary/aromatic N) is 4. The van der Waals surface area contributed by atoms with Gasteiger partial charge in [-0.1, -0.05) is 36.8 Å². The minimum atomic E-state index is -0.0439. The Labute approximate surface area is 123 Å². The molecule has 5 nitrogen and oxygen atoms in total. The molecule has 1 aliphatic heterocycles. The Morgan fingerprint density at radius 3 is 2.71 bits per heavy atom. The molecule has 0 amide bonds. The molecule has 1 N–H and O–H groups in total. The first-order valence-corrected chi connectivity index (χ1v) is 7.12. The fraction of sp³-hybridized carbons (Fsp3) is 0.312. The molecule has 0 unspecified atom stereocenters. The summed E-state index contributed by atoms with van der Waals surface area (Å²) in [6.07, 6.45) is 4.16. The zero-order valence-corrected chi connectivity index (χ0v) is 11.7. The number of allylic oxidation sites excluding steroid dienone is 1. The predicted molar refractivity (Wildman–Crippen MR) is 79.1 cm³/mol. The van der Waals surface area contributed by atoms with E-state index in [-0.39, 0.29) is 11.3 Å². The van der Waals surface area contributed by atoms with Crippen LogP contribution in [0.4, 0.5) is 0 Å². The van der Waals surface area contributed by atoms with Crippen LogP contribution in [0.1, 0.15) is 36.5 Å². The number of fused-ring (bicyclic) bond motifs is 1. The number of aliphatic hydroxyl groups excluding tert-OH is 1. The molecule has 0 fully saturated rings. The third-order valence-electron chi connectivity index (χ3n) is 3.73. The third-order valence-corrected chi connectivity index (χ3v) is 3.73. The molecule has 0 bridgehead atoms. The molecule has 1 aromatic heterocycles. The molecule has 5 heteroatoms. The topological polar surface area (TPSA) is 74.7 Å². The van der Waals surface area contributed by atoms with Gasteiger partial charge in [0, 0.05) is 18.5 Å². The maximum atomic E-state index is 10.4. The molecule has 0 radical (unpaired) electrons. The molecule has 2 aromatic rings. The minimum Gasteiger partial charge on any atom is -0.506 e. The zero-order chi connectivity index (χ0) is 14.7. The van der Waals surface area contributed by atoms with Gasteiger partial charge in [-0.25, -0.2) is 0 Å². The van der Waals surface area contributed by atoms with E-state index in [4.69, 9.17) is 0 Å². The lowest BCUT2D eigenvalue weighted by Crippen LogP contribution is -2.06. The smallest absolute Gasteiger partial charge is 0.178 e. The number of aromatic nitrogens is 3. The highest BCUT2D eigenvalue weighted by atomic mass is 16.3. The average Bonchev–Trinajstić information content (AvgIpc) is 2.78. The highest BCUT2D eigenvalue weighted by Gasteiger charge is 2.21. The molecule has 0 aliphatic carbocycles. The lowest BCUT2D eigenvalue weighted by molar-refractivity contribution is 0.513. The number of hydrogen-bond acceptors (Lipinski definition) is 4. The van der Waals surface area contributed by atoms with Gasteiger partial charge in [0.25, 0.3) is 0 Å². The molecule has 1 aromatic carbocycles. The van der Waals surface area contributed by atoms with E-state index in [1.54, 1.807) is 12.1 Å². The summed E-state index contributed by atoms with van der Waals surface area (Å²) in [6.45, 7) is 0.797. The molecule has 1 aliphatic rings. The van der Waals surface area contributed by atoms with Crippen LogP contribution in [-0.2, 0) is 13.0 Å². The summed E-state index contributed by atoms with van der Waals surface area (Å²) in [5, 5.41) is 28.2. The van der Waals surface area contributed by atoms with Crippen LogP contribution >= 0.6 is 0 Å². The Bertz CT molecular complexity index is 710. The van der Waals surface area contributed by atoms with Gasteiger partial charge in [-0.3, -0.25) is 0 Å². The molecule has 0 spiro atoms. The highest BCUT2D eigenvalue weighted by molar-refractivity contribution is 5.91. The van der Waals surface area contributed by atoms with Crippen molar-refractivity contribution in [3.63, 3.8) is 0 Å². The summed E-state index contributed by atoms with van der Waals surface area (Å²) in [5.41, 5.74) is 0.793. The Balaban J connectivity index is 2.10. The molecule has 2 heterocycles. The van der Waals surface area contributed by atoms with Gasteiger partial charge in [-0.05, 0) is 12.8 Å². The Hall–Kier alpha value is -2.61. The number of benzene rings is 1. The van der Waals surface area contributed by atoms with Gasteiger partial charge in [0.1, 0.15) is 23.2 Å². The summed E-state index contributed by atoms with van der Waals surface area (Å²) in [6, 6.07) is 11.1. The summed E-state index contributed by atoms with van der Waals surface area (Å²) < 4.78 is 1.96. The average molecular weight is 280 g/mol. The summed E-state index contributed by atoms with van der Waals surface area (Å²) >= 11 is 0. The van der Waals surface area contributed by atoms with E-state index in [2.05, 4.69) is 16.3 Å². The van der Waals surface area contributed by atoms with Crippen LogP contribution < -0.4 is 0 Å². The zero-order valence-electron chi connectivity index (χ0n) is 11.7. The molecule has 3 rings (SSSR count). The van der Waals surface area contributed by atoms with E-state index in [1.807, 2.05) is 22.8 Å². The largest absolute Gasteiger partial charge is 0.506 e. The molecule has 21 heavy (non-hydrogen) atoms. The van der Waals surface area contributed by atoms with Crippen molar-refractivity contribution in [3.8, 4) is 6.07 Å². The van der Waals surface area contributed by atoms with Crippen molar-refractivity contribution in [2.24, 2.45) is 0 Å². The van der Waals surface area contributed by atoms with Crippen LogP contribution in [0.5, 0.6) is 0 Å². The van der Waals surface area contributed by atoms with Crippen molar-refractivity contribution >= 4 is 11.3 Å². The SMILES string of the molecule is N#CC(=C(O)c1ccccc1)c1nnc2n1CCCCC2. The predicted octanol–water partition coefficient (Wildman–Crippen LogP) is 2.95. The van der Waals surface area contributed by atoms with Gasteiger partial charge >= 0.3 is 0 Å². The van der Waals surface area contributed by atoms with Gasteiger partial charge in [-0.15, -0.1) is 10.2 Å². The molecular weight excluding hydrogens is 264 g/mol. The second-order valence-corrected chi connectivity index (χ2v) is 5.10. The van der Waals surface area contributed by atoms with Crippen LogP contribution in [0.2, 0.25) is 0 Å². The highest BCUT2D eigenvalue weighted by Crippen LogP contribution is 2.25. The van der Waals surface area contributed by atoms with E-state index in [1.165, 1.54) is 0 Å². The van der Waals surface area contributed by atoms with Crippen molar-refractivity contribution in [2.75, 3.05) is 0 Å². The maximum absolute atomic E-state index is 10.4. The van der Waals surface area contributed by atoms with Crippen LogP contribution in [0.15, 0.2) is 30.3 Å². The molecule has 0 saturated heterocycles. The summed E-state index contributed by atoms with van der Waals surface area (Å²) in [4.78, 5) is 0. The van der Waals surface area contributed by atoms with Crippen LogP contribution in [0.25, 0.3) is 11.3 Å². The minimum absolute atomic E-state index is 0.0439. The summed E-state index contributed by atoms with van der Waals surface area (Å²) in [5.74, 6) is 1.32. The van der Waals surface area contributed by atoms with Crippen molar-refractivity contribution < 1.29 is 5.11 Å². The number of aliphatic hydroxyl groups is 1. The number of nitriles is 1. The molecule has 0 saturated carbocycles. The van der Waals surface area contributed by atoms with Gasteiger partial charge in [-0.2, -0.15) is 5.26 Å². The third kappa shape index (κ3) is 2.52. The number of aryl methyl sites for hydroxylation is 1. The van der Waals surface area contributed by atoms with Crippen LogP contribution in [0, 0.1) is 11.3 Å². The molecule has 106 valence electrons. The van der Waals surface area contributed by atoms with Gasteiger partial charge in [0.2, 0.25) is 0 Å². The van der Waals surface area contributed by atoms with E-state index >= 15 is 0 Å². The van der Waals surface area contributed by atoms with Crippen molar-refractivity contribution in [1.82, 2.24) is 14.8 Å². The Morgan fingerprint density at radius 2 is 1.95 bits per heavy atom. The number of rotatable bonds is 2. The number of hydrogen-bond donors (Lipinski definition) is 1. The first-order chi connectivity index (χ1) is 10.3. The fourth-order valence-corrected chi connectivity index (χ4v) is 2.62. The monoisotopic (exact) mass is 280 g/mol. The van der Waals surface area contributed by atoms with E-state index in [0.717, 1.165) is 38.1 Å². The normalized spacial score (nSPS) is 15.6. The quantitative estimate of drug-likeness (QED) is 0.678. The first kappa shape index (κ1) is 13.4. The molecule has 0 atom stereocenters. The first-order valence-electron chi connectivity index (χ1n) is 7.12. The van der Waals surface area contributed by atoms with Crippen molar-refractivity contribution in [1.29, 1.82) is 5.26 Å². The van der Waals surface area contributed by atoms with E-state index < -0.39 is 0 Å². The Kier molecular flexibility index (Phi) is 3.69. The van der Waals surface area contributed by atoms with Gasteiger partial charge < -0.3 is 9.67 Å². The summed E-state index contributed by atoms with van der Waals surface area (Å²) in [7, 11) is 0. The van der Waals surface area contributed by atoms with Crippen LogP contribution in [-0.4, -0.2) is 19.9 Å². The second-order valence-electron chi connectivity index (χ2n) is 5.10. The maximum Gasteiger partial charge on any atom is 0.178 e. The second kappa shape index (κ2) is 5.80. The van der Waals surface area contributed by atoms with Crippen LogP contribution in [0.3, 0.4) is 0 Å². The van der Waals surface area contributed by atoms with Crippen molar-refractivity contribution in [3.05, 3.63) is 47.5 Å². The van der Waals surface area contributed by atoms with Gasteiger partial charge in [0.05, 0.1) is 0 Å². The lowest BCUT2D eigenvalue weighted by Gasteiger charge is -2.08. The lowest BCUT2D eigenvalue weighted by atomic mass is 10.1. The standard InChI is InChI=1S/C16H16N4O/c17-11-13(15(21)12-7-3-1-4-8-12)16-19-18-14-9-5-2-6-10-20(14)16/h1,3-4,7-8,21H,2,5-6,9-10H2. The van der Waals surface area contributed by atoms with E-state index in [0.29, 0.717) is 11.4 Å².